The first-order chi connectivity index (χ1) is 51.7. The largest absolute Gasteiger partial charge is 0.472 e. The Morgan fingerprint density at radius 1 is 0.274 bits per heavy atom. The second kappa shape index (κ2) is 77.8. The summed E-state index contributed by atoms with van der Waals surface area (Å²) in [6.07, 6.45) is 90.7. The Balaban J connectivity index is 5.47. The molecular formula is C87H144O17P2. The van der Waals surface area contributed by atoms with Gasteiger partial charge < -0.3 is 33.8 Å². The third kappa shape index (κ3) is 76.9. The van der Waals surface area contributed by atoms with Crippen molar-refractivity contribution >= 4 is 39.5 Å². The second-order valence-electron chi connectivity index (χ2n) is 26.6. The Kier molecular flexibility index (Phi) is 73.9. The van der Waals surface area contributed by atoms with E-state index in [1.54, 1.807) is 0 Å². The molecule has 0 fully saturated rings. The lowest BCUT2D eigenvalue weighted by Crippen LogP contribution is -2.30. The normalized spacial score (nSPS) is 14.7. The summed E-state index contributed by atoms with van der Waals surface area (Å²) in [5, 5.41) is 10.7. The first-order valence-corrected chi connectivity index (χ1v) is 43.7. The zero-order valence-corrected chi connectivity index (χ0v) is 67.8. The van der Waals surface area contributed by atoms with Crippen LogP contribution in [0.15, 0.2) is 158 Å². The number of allylic oxidation sites excluding steroid dienone is 26. The number of esters is 4. The summed E-state index contributed by atoms with van der Waals surface area (Å²) in [6, 6.07) is 0. The van der Waals surface area contributed by atoms with Crippen molar-refractivity contribution in [2.24, 2.45) is 0 Å². The van der Waals surface area contributed by atoms with Crippen LogP contribution in [0.5, 0.6) is 0 Å². The molecule has 5 atom stereocenters. The van der Waals surface area contributed by atoms with Crippen LogP contribution in [0.4, 0.5) is 0 Å². The molecule has 106 heavy (non-hydrogen) atoms. The minimum absolute atomic E-state index is 0.0421. The van der Waals surface area contributed by atoms with E-state index in [4.69, 9.17) is 37.0 Å². The number of hydrogen-bond donors (Lipinski definition) is 3. The highest BCUT2D eigenvalue weighted by molar-refractivity contribution is 7.47. The number of aliphatic hydroxyl groups excluding tert-OH is 1. The van der Waals surface area contributed by atoms with Crippen molar-refractivity contribution < 1.29 is 80.2 Å². The summed E-state index contributed by atoms with van der Waals surface area (Å²) in [4.78, 5) is 73.1. The minimum atomic E-state index is -5.00. The molecule has 0 saturated carbocycles. The van der Waals surface area contributed by atoms with Crippen molar-refractivity contribution in [3.8, 4) is 0 Å². The van der Waals surface area contributed by atoms with Gasteiger partial charge in [0.1, 0.15) is 19.3 Å². The van der Waals surface area contributed by atoms with Crippen LogP contribution in [-0.4, -0.2) is 96.7 Å². The van der Waals surface area contributed by atoms with E-state index in [2.05, 4.69) is 186 Å². The number of ether oxygens (including phenoxy) is 4. The van der Waals surface area contributed by atoms with Gasteiger partial charge in [0.2, 0.25) is 0 Å². The predicted molar refractivity (Wildman–Crippen MR) is 436 cm³/mol. The smallest absolute Gasteiger partial charge is 0.462 e. The van der Waals surface area contributed by atoms with Gasteiger partial charge in [-0.2, -0.15) is 0 Å². The zero-order valence-electron chi connectivity index (χ0n) is 66.1. The number of phosphoric ester groups is 2. The van der Waals surface area contributed by atoms with Gasteiger partial charge in [0.05, 0.1) is 26.4 Å². The van der Waals surface area contributed by atoms with Gasteiger partial charge in [0.15, 0.2) is 12.2 Å². The number of carbonyl (C=O) groups is 4. The highest BCUT2D eigenvalue weighted by atomic mass is 31.2. The van der Waals surface area contributed by atoms with Gasteiger partial charge in [-0.15, -0.1) is 0 Å². The Hall–Kier alpha value is -5.32. The van der Waals surface area contributed by atoms with Crippen LogP contribution in [0.2, 0.25) is 0 Å². The maximum atomic E-state index is 13.1. The summed E-state index contributed by atoms with van der Waals surface area (Å²) < 4.78 is 68.6. The average Bonchev–Trinajstić information content (AvgIpc) is 0.903. The molecule has 0 aliphatic heterocycles. The number of phosphoric acid groups is 2. The van der Waals surface area contributed by atoms with Crippen molar-refractivity contribution in [2.75, 3.05) is 39.6 Å². The molecule has 0 bridgehead atoms. The van der Waals surface area contributed by atoms with Crippen molar-refractivity contribution in [2.45, 2.75) is 329 Å². The van der Waals surface area contributed by atoms with Gasteiger partial charge in [0, 0.05) is 25.7 Å². The van der Waals surface area contributed by atoms with Gasteiger partial charge in [-0.1, -0.05) is 269 Å². The van der Waals surface area contributed by atoms with E-state index in [1.165, 1.54) is 44.9 Å². The van der Waals surface area contributed by atoms with Crippen LogP contribution in [-0.2, 0) is 65.4 Å². The molecule has 19 heteroatoms. The van der Waals surface area contributed by atoms with Crippen LogP contribution >= 0.6 is 15.6 Å². The number of hydrogen-bond acceptors (Lipinski definition) is 15. The van der Waals surface area contributed by atoms with Crippen LogP contribution in [0, 0.1) is 0 Å². The van der Waals surface area contributed by atoms with Crippen molar-refractivity contribution in [3.05, 3.63) is 158 Å². The van der Waals surface area contributed by atoms with E-state index in [0.29, 0.717) is 25.7 Å². The van der Waals surface area contributed by atoms with Crippen molar-refractivity contribution in [1.29, 1.82) is 0 Å². The molecule has 0 heterocycles. The van der Waals surface area contributed by atoms with E-state index >= 15 is 0 Å². The summed E-state index contributed by atoms with van der Waals surface area (Å²) in [5.74, 6) is -2.28. The first-order valence-electron chi connectivity index (χ1n) is 40.7. The molecule has 0 aromatic rings. The number of unbranched alkanes of at least 4 members (excludes halogenated alkanes) is 23. The quantitative estimate of drug-likeness (QED) is 0.0169. The Labute approximate surface area is 642 Å². The lowest BCUT2D eigenvalue weighted by atomic mass is 10.1. The van der Waals surface area contributed by atoms with Crippen molar-refractivity contribution in [3.63, 3.8) is 0 Å². The fourth-order valence-electron chi connectivity index (χ4n) is 10.3. The van der Waals surface area contributed by atoms with Gasteiger partial charge in [-0.05, 0) is 173 Å². The maximum Gasteiger partial charge on any atom is 0.472 e. The fraction of sp³-hybridized carbons (Fsp3) is 0.655. The molecule has 0 aliphatic rings. The Bertz CT molecular complexity index is 2630. The van der Waals surface area contributed by atoms with Crippen molar-refractivity contribution in [1.82, 2.24) is 0 Å². The van der Waals surface area contributed by atoms with Gasteiger partial charge in [0.25, 0.3) is 0 Å². The van der Waals surface area contributed by atoms with Crippen LogP contribution < -0.4 is 0 Å². The fourth-order valence-corrected chi connectivity index (χ4v) is 11.9. The Morgan fingerprint density at radius 2 is 0.491 bits per heavy atom. The highest BCUT2D eigenvalue weighted by Crippen LogP contribution is 2.45. The van der Waals surface area contributed by atoms with E-state index in [9.17, 15) is 43.2 Å². The highest BCUT2D eigenvalue weighted by Gasteiger charge is 2.30. The number of carbonyl (C=O) groups excluding carboxylic acids is 4. The first kappa shape index (κ1) is 101. The van der Waals surface area contributed by atoms with Crippen LogP contribution in [0.25, 0.3) is 0 Å². The minimum Gasteiger partial charge on any atom is -0.462 e. The maximum absolute atomic E-state index is 13.1. The summed E-state index contributed by atoms with van der Waals surface area (Å²) in [5.41, 5.74) is 0. The zero-order chi connectivity index (χ0) is 77.4. The second-order valence-corrected chi connectivity index (χ2v) is 29.5. The number of aliphatic hydroxyl groups is 1. The summed E-state index contributed by atoms with van der Waals surface area (Å²) in [6.45, 7) is 4.51. The summed E-state index contributed by atoms with van der Waals surface area (Å²) >= 11 is 0. The van der Waals surface area contributed by atoms with Gasteiger partial charge in [-0.3, -0.25) is 37.3 Å². The van der Waals surface area contributed by atoms with E-state index < -0.39 is 97.5 Å². The van der Waals surface area contributed by atoms with Gasteiger partial charge in [-0.25, -0.2) is 9.13 Å². The topological polar surface area (TPSA) is 237 Å². The molecule has 17 nitrogen and oxygen atoms in total. The molecular weight excluding hydrogens is 1380 g/mol. The standard InChI is InChI=1S/C87H144O17P2/c1-5-9-13-17-21-25-29-33-36-38-40-42-45-48-52-56-60-64-68-72-85(90)98-78-83(104-87(92)74-70-66-62-58-54-50-46-43-41-39-37-34-30-26-22-18-14-10-6-2)80-102-106(95,96)100-76-81(88)75-99-105(93,94)101-79-82(77-97-84(89)71-67-63-59-55-51-47-32-28-24-20-16-12-8-4)103-86(91)73-69-65-61-57-53-49-44-35-31-27-23-19-15-11-7-3/h9-10,13-14,21-23,25-28,32-37,40-44,48,50,52,54,81-83,88H,5-8,11-12,15-20,24,29-31,38-39,45-47,49,51,53,55-80H2,1-4H3,(H,93,94)(H,95,96)/b13-9-,14-10-,25-21-,26-22-,27-23-,32-28-,36-33-,37-34-,42-40-,43-41-,44-35-,52-48-,54-50-/t81-,82+,83+/m0/s1. The molecule has 0 aromatic heterocycles. The monoisotopic (exact) mass is 1520 g/mol. The summed E-state index contributed by atoms with van der Waals surface area (Å²) in [7, 11) is -10.00. The average molecular weight is 1520 g/mol. The Morgan fingerprint density at radius 3 is 0.792 bits per heavy atom. The van der Waals surface area contributed by atoms with E-state index in [1.807, 2.05) is 0 Å². The van der Waals surface area contributed by atoms with E-state index in [-0.39, 0.29) is 25.7 Å². The molecule has 3 N–H and O–H groups in total. The molecule has 0 aromatic carbocycles. The molecule has 604 valence electrons. The van der Waals surface area contributed by atoms with Crippen LogP contribution in [0.3, 0.4) is 0 Å². The SMILES string of the molecule is CC/C=C\C/C=C\C/C=C\C/C=C\C/C=C\CCCCCC(=O)OC[C@H](COP(=O)(O)OC[C@@H](O)COP(=O)(O)OC[C@@H](COC(=O)CCCCCCC/C=C\CCCCCC)OC(=O)CCCCCCC/C=C\C/C=C\CCCCC)OC(=O)CCCCC/C=C\C/C=C\C/C=C\C/C=C\C/C=C\CC. The lowest BCUT2D eigenvalue weighted by Gasteiger charge is -2.21. The molecule has 0 spiro atoms. The molecule has 0 rings (SSSR count). The molecule has 0 amide bonds. The number of rotatable bonds is 75. The molecule has 0 radical (unpaired) electrons. The molecule has 0 aliphatic carbocycles. The third-order valence-electron chi connectivity index (χ3n) is 16.5. The van der Waals surface area contributed by atoms with Crippen LogP contribution in [0.1, 0.15) is 310 Å². The predicted octanol–water partition coefficient (Wildman–Crippen LogP) is 24.0. The molecule has 0 saturated heterocycles. The third-order valence-corrected chi connectivity index (χ3v) is 18.4. The van der Waals surface area contributed by atoms with E-state index in [0.717, 1.165) is 186 Å². The van der Waals surface area contributed by atoms with Gasteiger partial charge >= 0.3 is 39.5 Å². The lowest BCUT2D eigenvalue weighted by molar-refractivity contribution is -0.161. The molecule has 2 unspecified atom stereocenters.